The Bertz CT molecular complexity index is 401. The molecule has 3 nitrogen and oxygen atoms in total. The van der Waals surface area contributed by atoms with Gasteiger partial charge in [0.05, 0.1) is 19.5 Å². The summed E-state index contributed by atoms with van der Waals surface area (Å²) in [6, 6.07) is 2.00. The molecule has 1 aromatic heterocycles. The number of hydrogen-bond acceptors (Lipinski definition) is 5. The maximum atomic E-state index is 11.1. The van der Waals surface area contributed by atoms with Crippen LogP contribution in [0.4, 0.5) is 5.00 Å². The molecular formula is C6H5BrN2OS3. The van der Waals surface area contributed by atoms with Crippen LogP contribution in [-0.2, 0) is 10.8 Å². The van der Waals surface area contributed by atoms with Crippen LogP contribution in [0.25, 0.3) is 0 Å². The SMILES string of the molecule is CS(=O)C1=Nc2sc(Br)cc2SN1. The minimum absolute atomic E-state index is 0.534. The van der Waals surface area contributed by atoms with E-state index in [1.54, 1.807) is 17.6 Å². The van der Waals surface area contributed by atoms with Gasteiger partial charge in [0.2, 0.25) is 5.17 Å². The molecule has 0 aromatic carbocycles. The van der Waals surface area contributed by atoms with Crippen LogP contribution in [0.2, 0.25) is 0 Å². The highest BCUT2D eigenvalue weighted by molar-refractivity contribution is 9.11. The Kier molecular flexibility index (Phi) is 2.77. The highest BCUT2D eigenvalue weighted by atomic mass is 79.9. The van der Waals surface area contributed by atoms with Crippen molar-refractivity contribution in [1.29, 1.82) is 0 Å². The van der Waals surface area contributed by atoms with Crippen molar-refractivity contribution in [3.63, 3.8) is 0 Å². The molecule has 1 aliphatic heterocycles. The monoisotopic (exact) mass is 296 g/mol. The normalized spacial score (nSPS) is 17.2. The van der Waals surface area contributed by atoms with Crippen LogP contribution < -0.4 is 4.72 Å². The zero-order valence-electron chi connectivity index (χ0n) is 6.54. The molecule has 1 atom stereocenters. The van der Waals surface area contributed by atoms with Crippen molar-refractivity contribution in [2.75, 3.05) is 6.26 Å². The molecule has 2 rings (SSSR count). The van der Waals surface area contributed by atoms with Gasteiger partial charge in [-0.3, -0.25) is 4.21 Å². The number of halogens is 1. The Morgan fingerprint density at radius 3 is 3.15 bits per heavy atom. The third-order valence-corrected chi connectivity index (χ3v) is 4.73. The maximum Gasteiger partial charge on any atom is 0.203 e. The van der Waals surface area contributed by atoms with Crippen LogP contribution in [-0.4, -0.2) is 15.6 Å². The van der Waals surface area contributed by atoms with Gasteiger partial charge >= 0.3 is 0 Å². The third kappa shape index (κ3) is 1.98. The van der Waals surface area contributed by atoms with Crippen LogP contribution in [0.15, 0.2) is 19.7 Å². The topological polar surface area (TPSA) is 41.5 Å². The molecule has 1 unspecified atom stereocenters. The van der Waals surface area contributed by atoms with Crippen molar-refractivity contribution in [2.45, 2.75) is 4.90 Å². The molecule has 1 aromatic rings. The molecule has 0 saturated carbocycles. The number of amidine groups is 1. The van der Waals surface area contributed by atoms with Crippen LogP contribution in [0, 0.1) is 0 Å². The van der Waals surface area contributed by atoms with Crippen LogP contribution >= 0.6 is 39.2 Å². The molecule has 0 bridgehead atoms. The number of rotatable bonds is 0. The van der Waals surface area contributed by atoms with Gasteiger partial charge in [-0.15, -0.1) is 11.3 Å². The van der Waals surface area contributed by atoms with Gasteiger partial charge in [-0.05, 0) is 33.9 Å². The molecule has 1 N–H and O–H groups in total. The Labute approximate surface area is 94.7 Å². The van der Waals surface area contributed by atoms with E-state index in [2.05, 4.69) is 25.6 Å². The van der Waals surface area contributed by atoms with Crippen molar-refractivity contribution < 1.29 is 4.21 Å². The molecule has 2 heterocycles. The molecule has 0 amide bonds. The van der Waals surface area contributed by atoms with Gasteiger partial charge in [0.15, 0.2) is 0 Å². The van der Waals surface area contributed by atoms with E-state index < -0.39 is 10.8 Å². The highest BCUT2D eigenvalue weighted by Gasteiger charge is 2.16. The molecule has 7 heteroatoms. The summed E-state index contributed by atoms with van der Waals surface area (Å²) in [5, 5.41) is 1.45. The molecule has 70 valence electrons. The number of nitrogens with one attached hydrogen (secondary N) is 1. The van der Waals surface area contributed by atoms with Gasteiger partial charge in [-0.2, -0.15) is 0 Å². The predicted molar refractivity (Wildman–Crippen MR) is 62.2 cm³/mol. The van der Waals surface area contributed by atoms with E-state index in [9.17, 15) is 4.21 Å². The van der Waals surface area contributed by atoms with E-state index in [0.717, 1.165) is 13.7 Å². The first kappa shape index (κ1) is 9.70. The first-order chi connectivity index (χ1) is 6.16. The minimum Gasteiger partial charge on any atom is -0.303 e. The Morgan fingerprint density at radius 1 is 1.69 bits per heavy atom. The minimum atomic E-state index is -1.04. The van der Waals surface area contributed by atoms with E-state index in [1.807, 2.05) is 6.07 Å². The first-order valence-corrected chi connectivity index (χ1v) is 7.29. The average molecular weight is 297 g/mol. The molecule has 0 radical (unpaired) electrons. The van der Waals surface area contributed by atoms with Crippen molar-refractivity contribution >= 4 is 60.2 Å². The summed E-state index contributed by atoms with van der Waals surface area (Å²) in [4.78, 5) is 5.31. The van der Waals surface area contributed by atoms with Gasteiger partial charge in [0, 0.05) is 6.26 Å². The molecule has 1 aliphatic rings. The number of hydrogen-bond donors (Lipinski definition) is 1. The van der Waals surface area contributed by atoms with E-state index in [4.69, 9.17) is 0 Å². The van der Waals surface area contributed by atoms with Crippen molar-refractivity contribution in [3.8, 4) is 0 Å². The summed E-state index contributed by atoms with van der Waals surface area (Å²) < 4.78 is 15.1. The fourth-order valence-electron chi connectivity index (χ4n) is 0.825. The van der Waals surface area contributed by atoms with Crippen molar-refractivity contribution in [3.05, 3.63) is 9.85 Å². The van der Waals surface area contributed by atoms with Crippen molar-refractivity contribution in [1.82, 2.24) is 4.72 Å². The summed E-state index contributed by atoms with van der Waals surface area (Å²) in [5.74, 6) is 0. The lowest BCUT2D eigenvalue weighted by Gasteiger charge is -2.10. The lowest BCUT2D eigenvalue weighted by molar-refractivity contribution is 0.692. The number of thiophene rings is 1. The smallest absolute Gasteiger partial charge is 0.203 e. The predicted octanol–water partition coefficient (Wildman–Crippen LogP) is 2.49. The van der Waals surface area contributed by atoms with E-state index in [0.29, 0.717) is 5.17 Å². The number of fused-ring (bicyclic) bond motifs is 1. The molecule has 0 fully saturated rings. The molecule has 0 aliphatic carbocycles. The summed E-state index contributed by atoms with van der Waals surface area (Å²) >= 11 is 6.38. The first-order valence-electron chi connectivity index (χ1n) is 3.31. The van der Waals surface area contributed by atoms with Crippen LogP contribution in [0.5, 0.6) is 0 Å². The number of aliphatic imine (C=N–C) groups is 1. The van der Waals surface area contributed by atoms with Gasteiger partial charge in [0.25, 0.3) is 0 Å². The summed E-state index contributed by atoms with van der Waals surface area (Å²) in [5.41, 5.74) is 0. The summed E-state index contributed by atoms with van der Waals surface area (Å²) in [6.07, 6.45) is 1.61. The number of nitrogens with zero attached hydrogens (tertiary/aromatic N) is 1. The third-order valence-electron chi connectivity index (χ3n) is 1.37. The Balaban J connectivity index is 2.43. The van der Waals surface area contributed by atoms with Gasteiger partial charge in [-0.1, -0.05) is 0 Å². The molecule has 0 saturated heterocycles. The lowest BCUT2D eigenvalue weighted by Crippen LogP contribution is -2.21. The fourth-order valence-corrected chi connectivity index (χ4v) is 4.07. The largest absolute Gasteiger partial charge is 0.303 e. The van der Waals surface area contributed by atoms with E-state index in [1.165, 1.54) is 11.9 Å². The molecule has 0 spiro atoms. The second kappa shape index (κ2) is 3.72. The second-order valence-electron chi connectivity index (χ2n) is 2.30. The van der Waals surface area contributed by atoms with E-state index in [-0.39, 0.29) is 0 Å². The quantitative estimate of drug-likeness (QED) is 0.748. The van der Waals surface area contributed by atoms with E-state index >= 15 is 0 Å². The fraction of sp³-hybridized carbons (Fsp3) is 0.167. The lowest BCUT2D eigenvalue weighted by atomic mass is 10.6. The summed E-state index contributed by atoms with van der Waals surface area (Å²) in [7, 11) is -1.04. The Morgan fingerprint density at radius 2 is 2.46 bits per heavy atom. The maximum absolute atomic E-state index is 11.1. The van der Waals surface area contributed by atoms with Gasteiger partial charge in [-0.25, -0.2) is 4.99 Å². The second-order valence-corrected chi connectivity index (χ2v) is 6.85. The zero-order valence-corrected chi connectivity index (χ0v) is 10.6. The standard InChI is InChI=1S/C6H5BrN2OS3/c1-13(10)6-8-5-3(12-9-6)2-4(7)11-5/h2H,1H3,(H,8,9). The molecular weight excluding hydrogens is 292 g/mol. The average Bonchev–Trinajstić information content (AvgIpc) is 2.42. The zero-order chi connectivity index (χ0) is 9.42. The van der Waals surface area contributed by atoms with Crippen LogP contribution in [0.3, 0.4) is 0 Å². The van der Waals surface area contributed by atoms with Crippen molar-refractivity contribution in [2.24, 2.45) is 4.99 Å². The summed E-state index contributed by atoms with van der Waals surface area (Å²) in [6.45, 7) is 0. The highest BCUT2D eigenvalue weighted by Crippen LogP contribution is 2.41. The van der Waals surface area contributed by atoms with Crippen LogP contribution in [0.1, 0.15) is 0 Å². The molecule has 13 heavy (non-hydrogen) atoms. The van der Waals surface area contributed by atoms with Gasteiger partial charge < -0.3 is 4.72 Å². The van der Waals surface area contributed by atoms with Gasteiger partial charge in [0.1, 0.15) is 5.00 Å². The Hall–Kier alpha value is 0.150.